The van der Waals surface area contributed by atoms with Crippen molar-refractivity contribution in [3.8, 4) is 0 Å². The Labute approximate surface area is 190 Å². The van der Waals surface area contributed by atoms with Gasteiger partial charge in [-0.3, -0.25) is 14.5 Å². The molecule has 1 atom stereocenters. The van der Waals surface area contributed by atoms with Gasteiger partial charge in [0.2, 0.25) is 15.9 Å². The molecular formula is C22H23FN4O5S. The fraction of sp³-hybridized carbons (Fsp3) is 0.318. The number of carbonyl (C=O) groups is 3. The topological polar surface area (TPSA) is 107 Å². The van der Waals surface area contributed by atoms with E-state index in [0.717, 1.165) is 17.0 Å². The Morgan fingerprint density at radius 3 is 2.33 bits per heavy atom. The van der Waals surface area contributed by atoms with Crippen LogP contribution in [0.25, 0.3) is 0 Å². The molecule has 2 saturated heterocycles. The van der Waals surface area contributed by atoms with Crippen LogP contribution < -0.4 is 5.32 Å². The summed E-state index contributed by atoms with van der Waals surface area (Å²) in [5, 5.41) is 2.65. The largest absolute Gasteiger partial charge is 0.338 e. The van der Waals surface area contributed by atoms with Crippen LogP contribution in [-0.2, 0) is 25.2 Å². The number of halogens is 1. The third-order valence-corrected chi connectivity index (χ3v) is 7.84. The Morgan fingerprint density at radius 1 is 1.03 bits per heavy atom. The second-order valence-corrected chi connectivity index (χ2v) is 9.99. The van der Waals surface area contributed by atoms with Gasteiger partial charge in [0.05, 0.1) is 4.90 Å². The average molecular weight is 475 g/mol. The minimum atomic E-state index is -3.89. The fourth-order valence-corrected chi connectivity index (χ4v) is 5.45. The Balaban J connectivity index is 1.40. The first-order valence-electron chi connectivity index (χ1n) is 10.4. The van der Waals surface area contributed by atoms with Crippen LogP contribution in [0.2, 0.25) is 0 Å². The van der Waals surface area contributed by atoms with Gasteiger partial charge in [0.1, 0.15) is 17.9 Å². The predicted molar refractivity (Wildman–Crippen MR) is 116 cm³/mol. The molecule has 9 nitrogen and oxygen atoms in total. The minimum absolute atomic E-state index is 0.0203. The van der Waals surface area contributed by atoms with E-state index in [1.54, 1.807) is 37.3 Å². The quantitative estimate of drug-likeness (QED) is 0.654. The molecule has 1 N–H and O–H groups in total. The molecule has 0 bridgehead atoms. The molecule has 11 heteroatoms. The predicted octanol–water partition coefficient (Wildman–Crippen LogP) is 1.13. The Morgan fingerprint density at radius 2 is 1.70 bits per heavy atom. The summed E-state index contributed by atoms with van der Waals surface area (Å²) >= 11 is 0. The Hall–Kier alpha value is -3.31. The first kappa shape index (κ1) is 22.9. The lowest BCUT2D eigenvalue weighted by Crippen LogP contribution is -2.53. The highest BCUT2D eigenvalue weighted by Gasteiger charge is 2.49. The number of piperazine rings is 1. The smallest absolute Gasteiger partial charge is 0.325 e. The molecular weight excluding hydrogens is 451 g/mol. The van der Waals surface area contributed by atoms with E-state index in [4.69, 9.17) is 0 Å². The second kappa shape index (κ2) is 8.56. The number of sulfonamides is 1. The first-order chi connectivity index (χ1) is 15.6. The molecule has 0 radical (unpaired) electrons. The third-order valence-electron chi connectivity index (χ3n) is 5.94. The van der Waals surface area contributed by atoms with Crippen LogP contribution in [0.1, 0.15) is 12.5 Å². The number of imide groups is 1. The number of amides is 4. The maximum Gasteiger partial charge on any atom is 0.325 e. The number of nitrogens with zero attached hydrogens (tertiary/aromatic N) is 3. The van der Waals surface area contributed by atoms with Gasteiger partial charge in [-0.15, -0.1) is 0 Å². The maximum atomic E-state index is 13.5. The van der Waals surface area contributed by atoms with E-state index in [9.17, 15) is 27.2 Å². The Kier molecular flexibility index (Phi) is 5.93. The van der Waals surface area contributed by atoms with Crippen LogP contribution in [0, 0.1) is 5.82 Å². The molecule has 2 aliphatic heterocycles. The zero-order valence-electron chi connectivity index (χ0n) is 17.9. The van der Waals surface area contributed by atoms with E-state index in [0.29, 0.717) is 5.56 Å². The van der Waals surface area contributed by atoms with Crippen LogP contribution in [0.5, 0.6) is 0 Å². The van der Waals surface area contributed by atoms with Crippen molar-refractivity contribution in [2.45, 2.75) is 17.4 Å². The third kappa shape index (κ3) is 4.21. The van der Waals surface area contributed by atoms with Crippen molar-refractivity contribution in [2.75, 3.05) is 32.7 Å². The molecule has 0 aromatic heterocycles. The summed E-state index contributed by atoms with van der Waals surface area (Å²) in [4.78, 5) is 40.4. The van der Waals surface area contributed by atoms with Gasteiger partial charge in [-0.2, -0.15) is 4.31 Å². The number of hydrogen-bond acceptors (Lipinski definition) is 5. The number of carbonyl (C=O) groups excluding carboxylic acids is 3. The van der Waals surface area contributed by atoms with Crippen LogP contribution >= 0.6 is 0 Å². The summed E-state index contributed by atoms with van der Waals surface area (Å²) in [5.74, 6) is -1.64. The van der Waals surface area contributed by atoms with Crippen molar-refractivity contribution in [3.63, 3.8) is 0 Å². The molecule has 174 valence electrons. The molecule has 2 aliphatic rings. The molecule has 2 heterocycles. The van der Waals surface area contributed by atoms with Gasteiger partial charge in [-0.05, 0) is 30.7 Å². The van der Waals surface area contributed by atoms with E-state index in [-0.39, 0.29) is 31.1 Å². The van der Waals surface area contributed by atoms with Gasteiger partial charge in [0, 0.05) is 26.2 Å². The SMILES string of the molecule is C[C@@]1(c2ccccc2)NC(=O)N(CC(=O)N2CCN(S(=O)(=O)c3cccc(F)c3)CC2)C1=O. The van der Waals surface area contributed by atoms with Gasteiger partial charge in [-0.25, -0.2) is 17.6 Å². The number of nitrogens with one attached hydrogen (secondary N) is 1. The first-order valence-corrected chi connectivity index (χ1v) is 11.8. The van der Waals surface area contributed by atoms with E-state index < -0.39 is 45.8 Å². The highest BCUT2D eigenvalue weighted by atomic mass is 32.2. The molecule has 2 aromatic rings. The second-order valence-electron chi connectivity index (χ2n) is 8.05. The number of benzene rings is 2. The standard InChI is InChI=1S/C22H23FN4O5S/c1-22(16-6-3-2-4-7-16)20(29)27(21(30)24-22)15-19(28)25-10-12-26(13-11-25)33(31,32)18-9-5-8-17(23)14-18/h2-9,14H,10-13,15H2,1H3,(H,24,30)/t22-/m0/s1. The summed E-state index contributed by atoms with van der Waals surface area (Å²) < 4.78 is 40.1. The highest BCUT2D eigenvalue weighted by molar-refractivity contribution is 7.89. The van der Waals surface area contributed by atoms with Crippen molar-refractivity contribution in [2.24, 2.45) is 0 Å². The molecule has 2 fully saturated rings. The molecule has 2 aromatic carbocycles. The van der Waals surface area contributed by atoms with Gasteiger partial charge in [-0.1, -0.05) is 36.4 Å². The molecule has 33 heavy (non-hydrogen) atoms. The van der Waals surface area contributed by atoms with E-state index >= 15 is 0 Å². The van der Waals surface area contributed by atoms with Crippen molar-refractivity contribution in [1.29, 1.82) is 0 Å². The van der Waals surface area contributed by atoms with Crippen molar-refractivity contribution in [3.05, 3.63) is 66.0 Å². The summed E-state index contributed by atoms with van der Waals surface area (Å²) in [6.07, 6.45) is 0. The molecule has 0 unspecified atom stereocenters. The molecule has 0 spiro atoms. The summed E-state index contributed by atoms with van der Waals surface area (Å²) in [6, 6.07) is 12.8. The maximum absolute atomic E-state index is 13.5. The van der Waals surface area contributed by atoms with Crippen LogP contribution in [0.4, 0.5) is 9.18 Å². The lowest BCUT2D eigenvalue weighted by atomic mass is 9.92. The normalized spacial score (nSPS) is 21.9. The lowest BCUT2D eigenvalue weighted by molar-refractivity contribution is -0.139. The van der Waals surface area contributed by atoms with Crippen molar-refractivity contribution in [1.82, 2.24) is 19.4 Å². The van der Waals surface area contributed by atoms with Crippen molar-refractivity contribution >= 4 is 27.9 Å². The average Bonchev–Trinajstić information content (AvgIpc) is 3.03. The van der Waals surface area contributed by atoms with E-state index in [2.05, 4.69) is 5.32 Å². The zero-order chi connectivity index (χ0) is 23.8. The number of hydrogen-bond donors (Lipinski definition) is 1. The van der Waals surface area contributed by atoms with Gasteiger partial charge >= 0.3 is 6.03 Å². The summed E-state index contributed by atoms with van der Waals surface area (Å²) in [6.45, 7) is 1.37. The lowest BCUT2D eigenvalue weighted by Gasteiger charge is -2.34. The van der Waals surface area contributed by atoms with E-state index in [1.807, 2.05) is 0 Å². The van der Waals surface area contributed by atoms with Crippen molar-refractivity contribution < 1.29 is 27.2 Å². The Bertz CT molecular complexity index is 1200. The summed E-state index contributed by atoms with van der Waals surface area (Å²) in [5.41, 5.74) is -0.662. The van der Waals surface area contributed by atoms with Gasteiger partial charge < -0.3 is 10.2 Å². The minimum Gasteiger partial charge on any atom is -0.338 e. The zero-order valence-corrected chi connectivity index (χ0v) is 18.7. The molecule has 0 aliphatic carbocycles. The van der Waals surface area contributed by atoms with E-state index in [1.165, 1.54) is 21.3 Å². The fourth-order valence-electron chi connectivity index (χ4n) is 4.00. The van der Waals surface area contributed by atoms with Crippen LogP contribution in [0.3, 0.4) is 0 Å². The number of rotatable bonds is 5. The molecule has 0 saturated carbocycles. The summed E-state index contributed by atoms with van der Waals surface area (Å²) in [7, 11) is -3.89. The van der Waals surface area contributed by atoms with Gasteiger partial charge in [0.15, 0.2) is 0 Å². The van der Waals surface area contributed by atoms with Crippen LogP contribution in [0.15, 0.2) is 59.5 Å². The van der Waals surface area contributed by atoms with Gasteiger partial charge in [0.25, 0.3) is 5.91 Å². The molecule has 4 rings (SSSR count). The molecule has 4 amide bonds. The number of urea groups is 1. The monoisotopic (exact) mass is 474 g/mol. The van der Waals surface area contributed by atoms with Crippen LogP contribution in [-0.4, -0.2) is 73.1 Å². The highest BCUT2D eigenvalue weighted by Crippen LogP contribution is 2.28.